The summed E-state index contributed by atoms with van der Waals surface area (Å²) in [5, 5.41) is 5.69. The van der Waals surface area contributed by atoms with Gasteiger partial charge in [0.2, 0.25) is 5.91 Å². The number of benzene rings is 1. The molecule has 0 saturated carbocycles. The van der Waals surface area contributed by atoms with Gasteiger partial charge in [0, 0.05) is 23.6 Å². The first-order valence-corrected chi connectivity index (χ1v) is 7.09. The van der Waals surface area contributed by atoms with E-state index in [4.69, 9.17) is 16.3 Å². The van der Waals surface area contributed by atoms with Crippen LogP contribution >= 0.6 is 24.0 Å². The molecule has 22 heavy (non-hydrogen) atoms. The summed E-state index contributed by atoms with van der Waals surface area (Å²) in [6, 6.07) is 4.23. The molecule has 0 bridgehead atoms. The molecule has 1 saturated heterocycles. The number of carbonyl (C=O) groups excluding carboxylic acids is 1. The van der Waals surface area contributed by atoms with Gasteiger partial charge in [0.15, 0.2) is 0 Å². The lowest BCUT2D eigenvalue weighted by Crippen LogP contribution is -2.40. The Labute approximate surface area is 139 Å². The predicted molar refractivity (Wildman–Crippen MR) is 83.1 cm³/mol. The van der Waals surface area contributed by atoms with Crippen molar-refractivity contribution in [3.05, 3.63) is 28.8 Å². The molecule has 2 rings (SSSR count). The molecule has 2 N–H and O–H groups in total. The Morgan fingerprint density at radius 2 is 2.27 bits per heavy atom. The lowest BCUT2D eigenvalue weighted by Gasteiger charge is -2.14. The highest BCUT2D eigenvalue weighted by atomic mass is 35.5. The van der Waals surface area contributed by atoms with Crippen molar-refractivity contribution in [3.8, 4) is 5.75 Å². The molecule has 1 atom stereocenters. The molecular weight excluding hydrogens is 337 g/mol. The second-order valence-corrected chi connectivity index (χ2v) is 5.33. The number of ether oxygens (including phenoxy) is 1. The van der Waals surface area contributed by atoms with Crippen LogP contribution < -0.4 is 15.4 Å². The van der Waals surface area contributed by atoms with Gasteiger partial charge in [-0.05, 0) is 19.1 Å². The minimum absolute atomic E-state index is 0. The van der Waals surface area contributed by atoms with Crippen molar-refractivity contribution in [2.24, 2.45) is 0 Å². The maximum atomic E-state index is 13.0. The molecule has 0 aromatic heterocycles. The van der Waals surface area contributed by atoms with Gasteiger partial charge < -0.3 is 10.1 Å². The first kappa shape index (κ1) is 18.9. The van der Waals surface area contributed by atoms with E-state index in [9.17, 15) is 13.6 Å². The Morgan fingerprint density at radius 3 is 2.86 bits per heavy atom. The summed E-state index contributed by atoms with van der Waals surface area (Å²) >= 11 is 5.89. The topological polar surface area (TPSA) is 50.4 Å². The van der Waals surface area contributed by atoms with Crippen LogP contribution in [0.4, 0.5) is 8.78 Å². The first-order valence-electron chi connectivity index (χ1n) is 6.71. The SMILES string of the molecule is CCOc1cc(Cl)ccc1CNC(=O)C1CC(F)(F)CN1.Cl. The van der Waals surface area contributed by atoms with Gasteiger partial charge >= 0.3 is 0 Å². The van der Waals surface area contributed by atoms with Crippen LogP contribution in [0.2, 0.25) is 5.02 Å². The number of carbonyl (C=O) groups is 1. The number of amides is 1. The summed E-state index contributed by atoms with van der Waals surface area (Å²) in [7, 11) is 0. The molecule has 4 nitrogen and oxygen atoms in total. The van der Waals surface area contributed by atoms with Crippen LogP contribution in [0.5, 0.6) is 5.75 Å². The van der Waals surface area contributed by atoms with E-state index < -0.39 is 30.8 Å². The van der Waals surface area contributed by atoms with Crippen molar-refractivity contribution < 1.29 is 18.3 Å². The molecule has 1 unspecified atom stereocenters. The lowest BCUT2D eigenvalue weighted by molar-refractivity contribution is -0.123. The van der Waals surface area contributed by atoms with Gasteiger partial charge in [0.25, 0.3) is 5.92 Å². The third kappa shape index (κ3) is 4.97. The van der Waals surface area contributed by atoms with E-state index in [0.717, 1.165) is 5.56 Å². The molecule has 1 aromatic carbocycles. The minimum atomic E-state index is -2.82. The van der Waals surface area contributed by atoms with Crippen molar-refractivity contribution in [1.82, 2.24) is 10.6 Å². The van der Waals surface area contributed by atoms with Gasteiger partial charge in [-0.25, -0.2) is 8.78 Å². The summed E-state index contributed by atoms with van der Waals surface area (Å²) in [6.07, 6.45) is -0.474. The summed E-state index contributed by atoms with van der Waals surface area (Å²) in [4.78, 5) is 11.9. The third-order valence-electron chi connectivity index (χ3n) is 3.21. The quantitative estimate of drug-likeness (QED) is 0.854. The number of halogens is 4. The number of hydrogen-bond donors (Lipinski definition) is 2. The molecule has 0 aliphatic carbocycles. The third-order valence-corrected chi connectivity index (χ3v) is 3.44. The Kier molecular flexibility index (Phi) is 6.84. The molecule has 1 aliphatic rings. The van der Waals surface area contributed by atoms with Crippen molar-refractivity contribution in [3.63, 3.8) is 0 Å². The highest BCUT2D eigenvalue weighted by molar-refractivity contribution is 6.30. The molecule has 0 radical (unpaired) electrons. The first-order chi connectivity index (χ1) is 9.91. The van der Waals surface area contributed by atoms with Crippen LogP contribution in [0.15, 0.2) is 18.2 Å². The van der Waals surface area contributed by atoms with Gasteiger partial charge in [-0.3, -0.25) is 10.1 Å². The number of nitrogens with one attached hydrogen (secondary N) is 2. The number of rotatable bonds is 5. The van der Waals surface area contributed by atoms with Gasteiger partial charge in [-0.2, -0.15) is 0 Å². The average Bonchev–Trinajstić information content (AvgIpc) is 2.78. The number of hydrogen-bond acceptors (Lipinski definition) is 3. The monoisotopic (exact) mass is 354 g/mol. The second kappa shape index (κ2) is 7.94. The van der Waals surface area contributed by atoms with E-state index in [0.29, 0.717) is 17.4 Å². The largest absolute Gasteiger partial charge is 0.493 e. The fourth-order valence-corrected chi connectivity index (χ4v) is 2.33. The minimum Gasteiger partial charge on any atom is -0.493 e. The summed E-state index contributed by atoms with van der Waals surface area (Å²) in [5.74, 6) is -2.68. The fourth-order valence-electron chi connectivity index (χ4n) is 2.17. The lowest BCUT2D eigenvalue weighted by atomic mass is 10.1. The van der Waals surface area contributed by atoms with Crippen LogP contribution in [-0.4, -0.2) is 31.0 Å². The zero-order chi connectivity index (χ0) is 15.5. The maximum absolute atomic E-state index is 13.0. The Morgan fingerprint density at radius 1 is 1.55 bits per heavy atom. The molecule has 1 heterocycles. The van der Waals surface area contributed by atoms with Crippen molar-refractivity contribution in [1.29, 1.82) is 0 Å². The van der Waals surface area contributed by atoms with Gasteiger partial charge in [-0.15, -0.1) is 12.4 Å². The maximum Gasteiger partial charge on any atom is 0.262 e. The highest BCUT2D eigenvalue weighted by Crippen LogP contribution is 2.26. The average molecular weight is 355 g/mol. The summed E-state index contributed by atoms with van der Waals surface area (Å²) < 4.78 is 31.5. The predicted octanol–water partition coefficient (Wildman–Crippen LogP) is 2.77. The molecule has 8 heteroatoms. The second-order valence-electron chi connectivity index (χ2n) is 4.90. The summed E-state index contributed by atoms with van der Waals surface area (Å²) in [5.41, 5.74) is 0.749. The van der Waals surface area contributed by atoms with E-state index in [-0.39, 0.29) is 19.0 Å². The molecule has 124 valence electrons. The normalized spacial score (nSPS) is 19.4. The summed E-state index contributed by atoms with van der Waals surface area (Å²) in [6.45, 7) is 2.05. The van der Waals surface area contributed by atoms with Crippen LogP contribution in [0.1, 0.15) is 18.9 Å². The smallest absolute Gasteiger partial charge is 0.262 e. The number of alkyl halides is 2. The molecule has 1 fully saturated rings. The van der Waals surface area contributed by atoms with E-state index >= 15 is 0 Å². The Hall–Kier alpha value is -1.11. The van der Waals surface area contributed by atoms with Crippen LogP contribution in [-0.2, 0) is 11.3 Å². The molecule has 1 amide bonds. The Balaban J connectivity index is 0.00000242. The molecule has 1 aliphatic heterocycles. The van der Waals surface area contributed by atoms with Crippen LogP contribution in [0.25, 0.3) is 0 Å². The van der Waals surface area contributed by atoms with Crippen LogP contribution in [0.3, 0.4) is 0 Å². The van der Waals surface area contributed by atoms with Gasteiger partial charge in [0.1, 0.15) is 5.75 Å². The highest BCUT2D eigenvalue weighted by Gasteiger charge is 2.42. The van der Waals surface area contributed by atoms with E-state index in [2.05, 4.69) is 10.6 Å². The zero-order valence-electron chi connectivity index (χ0n) is 12.0. The molecular formula is C14H18Cl2F2N2O2. The van der Waals surface area contributed by atoms with Crippen LogP contribution in [0, 0.1) is 0 Å². The van der Waals surface area contributed by atoms with Gasteiger partial charge in [0.05, 0.1) is 19.2 Å². The van der Waals surface area contributed by atoms with Crippen molar-refractivity contribution in [2.75, 3.05) is 13.2 Å². The van der Waals surface area contributed by atoms with Crippen molar-refractivity contribution in [2.45, 2.75) is 31.9 Å². The fraction of sp³-hybridized carbons (Fsp3) is 0.500. The van der Waals surface area contributed by atoms with Gasteiger partial charge in [-0.1, -0.05) is 17.7 Å². The molecule has 1 aromatic rings. The van der Waals surface area contributed by atoms with E-state index in [1.807, 2.05) is 6.92 Å². The standard InChI is InChI=1S/C14H17ClF2N2O2.ClH/c1-2-21-12-5-10(15)4-3-9(12)7-18-13(20)11-6-14(16,17)8-19-11;/h3-5,11,19H,2,6-8H2,1H3,(H,18,20);1H. The van der Waals surface area contributed by atoms with E-state index in [1.54, 1.807) is 18.2 Å². The van der Waals surface area contributed by atoms with Crippen molar-refractivity contribution >= 4 is 29.9 Å². The molecule has 0 spiro atoms. The zero-order valence-corrected chi connectivity index (χ0v) is 13.6. The Bertz CT molecular complexity index is 530. The van der Waals surface area contributed by atoms with E-state index in [1.165, 1.54) is 0 Å².